The highest BCUT2D eigenvalue weighted by molar-refractivity contribution is 9.10. The number of benzene rings is 2. The van der Waals surface area contributed by atoms with E-state index in [-0.39, 0.29) is 24.9 Å². The summed E-state index contributed by atoms with van der Waals surface area (Å²) in [6.45, 7) is 2.89. The van der Waals surface area contributed by atoms with Gasteiger partial charge in [0.25, 0.3) is 5.91 Å². The van der Waals surface area contributed by atoms with Crippen molar-refractivity contribution < 1.29 is 9.59 Å². The maximum absolute atomic E-state index is 14.4. The van der Waals surface area contributed by atoms with Gasteiger partial charge in [-0.2, -0.15) is 16.6 Å². The number of aromatic nitrogens is 5. The average Bonchev–Trinajstić information content (AvgIpc) is 3.45. The van der Waals surface area contributed by atoms with E-state index in [1.54, 1.807) is 29.8 Å². The molecule has 0 aliphatic heterocycles. The number of anilines is 1. The minimum absolute atomic E-state index is 0.173. The molecule has 0 fully saturated rings. The van der Waals surface area contributed by atoms with Crippen LogP contribution in [0.5, 0.6) is 0 Å². The molecule has 0 aliphatic carbocycles. The molecule has 1 atom stereocenters. The van der Waals surface area contributed by atoms with Gasteiger partial charge in [0.1, 0.15) is 11.9 Å². The number of carbonyl (C=O) groups excluding carboxylic acids is 2. The Bertz CT molecular complexity index is 1420. The Balaban J connectivity index is 1.83. The lowest BCUT2D eigenvalue weighted by Gasteiger charge is -2.32. The smallest absolute Gasteiger partial charge is 0.255 e. The summed E-state index contributed by atoms with van der Waals surface area (Å²) in [5.74, 6) is 0.751. The van der Waals surface area contributed by atoms with Crippen molar-refractivity contribution in [3.8, 4) is 0 Å². The minimum atomic E-state index is -0.894. The minimum Gasteiger partial charge on any atom is -0.373 e. The van der Waals surface area contributed by atoms with Gasteiger partial charge in [-0.1, -0.05) is 46.3 Å². The Hall–Kier alpha value is -3.51. The molecule has 198 valence electrons. The van der Waals surface area contributed by atoms with E-state index < -0.39 is 6.04 Å². The van der Waals surface area contributed by atoms with E-state index >= 15 is 0 Å². The number of thioether (sulfide) groups is 1. The molecule has 0 aliphatic rings. The first-order valence-corrected chi connectivity index (χ1v) is 14.2. The third-order valence-corrected chi connectivity index (χ3v) is 7.54. The normalized spacial score (nSPS) is 11.8. The molecule has 0 spiro atoms. The van der Waals surface area contributed by atoms with E-state index in [1.165, 1.54) is 11.1 Å². The van der Waals surface area contributed by atoms with Crippen molar-refractivity contribution in [1.29, 1.82) is 0 Å². The fraction of sp³-hybridized carbons (Fsp3) is 0.308. The molecule has 4 aromatic rings. The summed E-state index contributed by atoms with van der Waals surface area (Å²) in [4.78, 5) is 35.7. The van der Waals surface area contributed by atoms with Gasteiger partial charge in [0.15, 0.2) is 6.33 Å². The van der Waals surface area contributed by atoms with Crippen LogP contribution in [-0.2, 0) is 11.3 Å². The van der Waals surface area contributed by atoms with Gasteiger partial charge in [-0.05, 0) is 47.7 Å². The third kappa shape index (κ3) is 6.30. The van der Waals surface area contributed by atoms with E-state index in [0.29, 0.717) is 34.4 Å². The van der Waals surface area contributed by atoms with Gasteiger partial charge in [-0.3, -0.25) is 9.59 Å². The molecular formula is C26H29BrN8O2S. The molecule has 4 rings (SSSR count). The topological polar surface area (TPSA) is 118 Å². The Morgan fingerprint density at radius 1 is 1.18 bits per heavy atom. The Labute approximate surface area is 233 Å². The number of carbonyl (C=O) groups is 2. The first kappa shape index (κ1) is 27.5. The number of hydrogen-bond acceptors (Lipinski definition) is 8. The second kappa shape index (κ2) is 12.8. The maximum atomic E-state index is 14.4. The molecule has 2 aromatic heterocycles. The second-order valence-corrected chi connectivity index (χ2v) is 10.4. The standard InChI is InChI=1S/C26H29BrN8O2S/c1-17-8-9-18(14-21(17)27)24(25(36)29-10-13-38-3)34(11-12-35-31-16-30-33-35)26(37)20-15-23(28-2)32-22-7-5-4-6-19(20)22/h4-9,14-16,24H,10-13H2,1-3H3,(H,28,32)(H,29,36). The summed E-state index contributed by atoms with van der Waals surface area (Å²) in [6, 6.07) is 14.0. The number of aryl methyl sites for hydroxylation is 1. The number of halogens is 1. The van der Waals surface area contributed by atoms with E-state index in [0.717, 1.165) is 15.8 Å². The second-order valence-electron chi connectivity index (χ2n) is 8.55. The van der Waals surface area contributed by atoms with Crippen LogP contribution in [0.15, 0.2) is 59.3 Å². The molecule has 12 heteroatoms. The van der Waals surface area contributed by atoms with Crippen molar-refractivity contribution in [3.63, 3.8) is 0 Å². The van der Waals surface area contributed by atoms with Crippen molar-refractivity contribution in [2.45, 2.75) is 19.5 Å². The zero-order chi connectivity index (χ0) is 27.1. The highest BCUT2D eigenvalue weighted by Gasteiger charge is 2.33. The van der Waals surface area contributed by atoms with Crippen LogP contribution in [0.4, 0.5) is 5.82 Å². The van der Waals surface area contributed by atoms with Crippen LogP contribution in [0.25, 0.3) is 10.9 Å². The highest BCUT2D eigenvalue weighted by Crippen LogP contribution is 2.30. The number of pyridine rings is 1. The van der Waals surface area contributed by atoms with Crippen LogP contribution in [0.3, 0.4) is 0 Å². The molecule has 0 bridgehead atoms. The summed E-state index contributed by atoms with van der Waals surface area (Å²) >= 11 is 5.23. The molecule has 2 aromatic carbocycles. The Morgan fingerprint density at radius 2 is 2.00 bits per heavy atom. The number of nitrogens with one attached hydrogen (secondary N) is 2. The summed E-state index contributed by atoms with van der Waals surface area (Å²) in [6.07, 6.45) is 3.32. The lowest BCUT2D eigenvalue weighted by atomic mass is 10.00. The van der Waals surface area contributed by atoms with Gasteiger partial charge in [0.2, 0.25) is 5.91 Å². The van der Waals surface area contributed by atoms with E-state index in [1.807, 2.05) is 55.6 Å². The van der Waals surface area contributed by atoms with E-state index in [2.05, 4.69) is 47.0 Å². The first-order chi connectivity index (χ1) is 18.4. The summed E-state index contributed by atoms with van der Waals surface area (Å²) < 4.78 is 0.856. The molecular weight excluding hydrogens is 568 g/mol. The number of rotatable bonds is 11. The van der Waals surface area contributed by atoms with Crippen LogP contribution in [0.2, 0.25) is 0 Å². The summed E-state index contributed by atoms with van der Waals surface area (Å²) in [5.41, 5.74) is 2.84. The van der Waals surface area contributed by atoms with Crippen LogP contribution in [0, 0.1) is 6.92 Å². The monoisotopic (exact) mass is 596 g/mol. The molecule has 2 heterocycles. The van der Waals surface area contributed by atoms with Gasteiger partial charge in [0, 0.05) is 35.7 Å². The summed E-state index contributed by atoms with van der Waals surface area (Å²) in [7, 11) is 1.76. The Morgan fingerprint density at radius 3 is 2.71 bits per heavy atom. The fourth-order valence-electron chi connectivity index (χ4n) is 4.10. The molecule has 0 radical (unpaired) electrons. The molecule has 1 unspecified atom stereocenters. The zero-order valence-corrected chi connectivity index (χ0v) is 23.8. The number of amides is 2. The van der Waals surface area contributed by atoms with Crippen molar-refractivity contribution in [1.82, 2.24) is 35.4 Å². The maximum Gasteiger partial charge on any atom is 0.255 e. The molecule has 10 nitrogen and oxygen atoms in total. The Kier molecular flexibility index (Phi) is 9.29. The van der Waals surface area contributed by atoms with Gasteiger partial charge >= 0.3 is 0 Å². The number of tetrazole rings is 1. The predicted octanol–water partition coefficient (Wildman–Crippen LogP) is 3.70. The van der Waals surface area contributed by atoms with Gasteiger partial charge in [-0.25, -0.2) is 4.98 Å². The number of nitrogens with zero attached hydrogens (tertiary/aromatic N) is 6. The van der Waals surface area contributed by atoms with Crippen molar-refractivity contribution >= 4 is 56.2 Å². The number of para-hydroxylation sites is 1. The molecule has 38 heavy (non-hydrogen) atoms. The van der Waals surface area contributed by atoms with Crippen molar-refractivity contribution in [3.05, 3.63) is 76.0 Å². The fourth-order valence-corrected chi connectivity index (χ4v) is 4.80. The van der Waals surface area contributed by atoms with Gasteiger partial charge < -0.3 is 15.5 Å². The largest absolute Gasteiger partial charge is 0.373 e. The summed E-state index contributed by atoms with van der Waals surface area (Å²) in [5, 5.41) is 18.6. The molecule has 0 saturated heterocycles. The van der Waals surface area contributed by atoms with Crippen LogP contribution in [-0.4, -0.2) is 74.1 Å². The lowest BCUT2D eigenvalue weighted by Crippen LogP contribution is -2.45. The molecule has 2 amide bonds. The molecule has 0 saturated carbocycles. The quantitative estimate of drug-likeness (QED) is 0.252. The van der Waals surface area contributed by atoms with E-state index in [9.17, 15) is 9.59 Å². The number of fused-ring (bicyclic) bond motifs is 1. The van der Waals surface area contributed by atoms with E-state index in [4.69, 9.17) is 0 Å². The first-order valence-electron chi connectivity index (χ1n) is 12.0. The van der Waals surface area contributed by atoms with Gasteiger partial charge in [0.05, 0.1) is 17.6 Å². The van der Waals surface area contributed by atoms with Crippen molar-refractivity contribution in [2.24, 2.45) is 0 Å². The van der Waals surface area contributed by atoms with Crippen LogP contribution < -0.4 is 10.6 Å². The SMILES string of the molecule is CNc1cc(C(=O)N(CCn2ncnn2)C(C(=O)NCCSC)c2ccc(C)c(Br)c2)c2ccccc2n1. The van der Waals surface area contributed by atoms with Crippen LogP contribution >= 0.6 is 27.7 Å². The number of hydrogen-bond donors (Lipinski definition) is 2. The van der Waals surface area contributed by atoms with Crippen molar-refractivity contribution in [2.75, 3.05) is 37.5 Å². The van der Waals surface area contributed by atoms with Gasteiger partial charge in [-0.15, -0.1) is 10.2 Å². The zero-order valence-electron chi connectivity index (χ0n) is 21.4. The highest BCUT2D eigenvalue weighted by atomic mass is 79.9. The third-order valence-electron chi connectivity index (χ3n) is 6.07. The van der Waals surface area contributed by atoms with Crippen LogP contribution in [0.1, 0.15) is 27.5 Å². The lowest BCUT2D eigenvalue weighted by molar-refractivity contribution is -0.125. The average molecular weight is 598 g/mol. The predicted molar refractivity (Wildman–Crippen MR) is 153 cm³/mol. The molecule has 2 N–H and O–H groups in total.